The minimum absolute atomic E-state index is 0.123. The Balaban J connectivity index is 2.06. The number of H-pyrrole nitrogens is 1. The molecule has 0 fully saturated rings. The first kappa shape index (κ1) is 14.2. The minimum atomic E-state index is 0.123. The lowest BCUT2D eigenvalue weighted by atomic mass is 9.98. The van der Waals surface area contributed by atoms with E-state index in [9.17, 15) is 0 Å². The maximum Gasteiger partial charge on any atom is 0.0985 e. The molecular weight excluding hydrogens is 256 g/mol. The highest BCUT2D eigenvalue weighted by Crippen LogP contribution is 2.32. The molecule has 19 heavy (non-hydrogen) atoms. The van der Waals surface area contributed by atoms with Gasteiger partial charge in [-0.2, -0.15) is 5.10 Å². The molecule has 1 atom stereocenters. The average molecular weight is 278 g/mol. The van der Waals surface area contributed by atoms with Gasteiger partial charge < -0.3 is 5.32 Å². The van der Waals surface area contributed by atoms with Gasteiger partial charge >= 0.3 is 0 Å². The molecule has 0 saturated carbocycles. The van der Waals surface area contributed by atoms with Crippen LogP contribution in [0.5, 0.6) is 0 Å². The van der Waals surface area contributed by atoms with Gasteiger partial charge in [0.1, 0.15) is 0 Å². The molecule has 0 radical (unpaired) electrons. The molecule has 1 unspecified atom stereocenters. The summed E-state index contributed by atoms with van der Waals surface area (Å²) in [4.78, 5) is 6.04. The summed E-state index contributed by atoms with van der Waals surface area (Å²) < 4.78 is 0. The lowest BCUT2D eigenvalue weighted by Gasteiger charge is -2.14. The molecule has 0 spiro atoms. The van der Waals surface area contributed by atoms with Crippen molar-refractivity contribution in [3.8, 4) is 0 Å². The van der Waals surface area contributed by atoms with Crippen molar-refractivity contribution in [3.63, 3.8) is 0 Å². The van der Waals surface area contributed by atoms with Crippen LogP contribution in [0.15, 0.2) is 12.4 Å². The number of aryl methyl sites for hydroxylation is 1. The van der Waals surface area contributed by atoms with Crippen LogP contribution >= 0.6 is 11.3 Å². The molecular formula is C14H22N4S. The van der Waals surface area contributed by atoms with Gasteiger partial charge in [0.15, 0.2) is 0 Å². The molecule has 0 aliphatic carbocycles. The maximum absolute atomic E-state index is 4.71. The van der Waals surface area contributed by atoms with Crippen molar-refractivity contribution in [2.24, 2.45) is 0 Å². The van der Waals surface area contributed by atoms with Crippen LogP contribution in [-0.4, -0.2) is 15.2 Å². The number of thiazole rings is 1. The van der Waals surface area contributed by atoms with E-state index in [4.69, 9.17) is 4.98 Å². The molecule has 0 aromatic carbocycles. The molecule has 2 rings (SSSR count). The summed E-state index contributed by atoms with van der Waals surface area (Å²) >= 11 is 1.81. The molecule has 0 amide bonds. The van der Waals surface area contributed by atoms with Gasteiger partial charge in [-0.15, -0.1) is 11.3 Å². The number of nitrogens with one attached hydrogen (secondary N) is 2. The summed E-state index contributed by atoms with van der Waals surface area (Å²) in [5, 5.41) is 11.5. The number of aromatic nitrogens is 3. The third-order valence-electron chi connectivity index (χ3n) is 3.03. The maximum atomic E-state index is 4.71. The molecule has 2 aromatic rings. The van der Waals surface area contributed by atoms with Gasteiger partial charge in [-0.25, -0.2) is 4.98 Å². The summed E-state index contributed by atoms with van der Waals surface area (Å²) in [5.74, 6) is 0. The van der Waals surface area contributed by atoms with E-state index < -0.39 is 0 Å². The van der Waals surface area contributed by atoms with Gasteiger partial charge in [-0.1, -0.05) is 20.8 Å². The summed E-state index contributed by atoms with van der Waals surface area (Å²) in [6.07, 6.45) is 3.76. The topological polar surface area (TPSA) is 53.6 Å². The number of nitrogens with zero attached hydrogens (tertiary/aromatic N) is 2. The highest BCUT2D eigenvalue weighted by atomic mass is 32.1. The lowest BCUT2D eigenvalue weighted by Crippen LogP contribution is -2.17. The number of hydrogen-bond donors (Lipinski definition) is 2. The number of aromatic amines is 1. The third kappa shape index (κ3) is 3.42. The first-order valence-electron chi connectivity index (χ1n) is 6.57. The van der Waals surface area contributed by atoms with Crippen LogP contribution in [0.1, 0.15) is 54.9 Å². The zero-order valence-corrected chi connectivity index (χ0v) is 13.1. The van der Waals surface area contributed by atoms with Gasteiger partial charge in [0.25, 0.3) is 0 Å². The Morgan fingerprint density at radius 1 is 1.42 bits per heavy atom. The van der Waals surface area contributed by atoms with E-state index >= 15 is 0 Å². The first-order chi connectivity index (χ1) is 8.88. The van der Waals surface area contributed by atoms with E-state index in [1.807, 2.05) is 23.7 Å². The highest BCUT2D eigenvalue weighted by molar-refractivity contribution is 7.12. The van der Waals surface area contributed by atoms with Crippen LogP contribution < -0.4 is 5.32 Å². The van der Waals surface area contributed by atoms with E-state index in [-0.39, 0.29) is 5.41 Å². The molecule has 104 valence electrons. The van der Waals surface area contributed by atoms with Crippen LogP contribution in [0.2, 0.25) is 0 Å². The number of rotatable bonds is 4. The predicted molar refractivity (Wildman–Crippen MR) is 79.4 cm³/mol. The normalized spacial score (nSPS) is 13.7. The van der Waals surface area contributed by atoms with E-state index in [0.717, 1.165) is 12.2 Å². The fourth-order valence-corrected chi connectivity index (χ4v) is 3.02. The standard InChI is InChI=1S/C14H22N4S/c1-9(15-6-11-7-16-17-8-11)12-10(2)18-13(19-12)14(3,4)5/h7-9,15H,6H2,1-5H3,(H,16,17). The Morgan fingerprint density at radius 3 is 2.68 bits per heavy atom. The van der Waals surface area contributed by atoms with E-state index in [1.54, 1.807) is 0 Å². The second-order valence-electron chi connectivity index (χ2n) is 5.93. The fourth-order valence-electron chi connectivity index (χ4n) is 1.87. The Kier molecular flexibility index (Phi) is 4.06. The van der Waals surface area contributed by atoms with E-state index in [0.29, 0.717) is 6.04 Å². The van der Waals surface area contributed by atoms with E-state index in [2.05, 4.69) is 50.1 Å². The molecule has 0 saturated heterocycles. The molecule has 0 aliphatic rings. The SMILES string of the molecule is Cc1nc(C(C)(C)C)sc1C(C)NCc1cn[nH]c1. The molecule has 2 heterocycles. The molecule has 0 bridgehead atoms. The van der Waals surface area contributed by atoms with Crippen LogP contribution in [-0.2, 0) is 12.0 Å². The van der Waals surface area contributed by atoms with Gasteiger partial charge in [0, 0.05) is 34.6 Å². The largest absolute Gasteiger partial charge is 0.305 e. The Hall–Kier alpha value is -1.20. The first-order valence-corrected chi connectivity index (χ1v) is 7.38. The Morgan fingerprint density at radius 2 is 2.16 bits per heavy atom. The van der Waals surface area contributed by atoms with Crippen LogP contribution in [0.4, 0.5) is 0 Å². The second-order valence-corrected chi connectivity index (χ2v) is 6.96. The van der Waals surface area contributed by atoms with Crippen molar-refractivity contribution in [2.45, 2.75) is 52.6 Å². The average Bonchev–Trinajstić information content (AvgIpc) is 2.93. The van der Waals surface area contributed by atoms with Crippen molar-refractivity contribution in [2.75, 3.05) is 0 Å². The second kappa shape index (κ2) is 5.43. The molecule has 2 aromatic heterocycles. The Bertz CT molecular complexity index is 522. The van der Waals surface area contributed by atoms with Crippen molar-refractivity contribution < 1.29 is 0 Å². The zero-order valence-electron chi connectivity index (χ0n) is 12.2. The van der Waals surface area contributed by atoms with Gasteiger partial charge in [0.05, 0.1) is 16.9 Å². The summed E-state index contributed by atoms with van der Waals surface area (Å²) in [6, 6.07) is 0.309. The van der Waals surface area contributed by atoms with E-state index in [1.165, 1.54) is 15.4 Å². The molecule has 0 aliphatic heterocycles. The van der Waals surface area contributed by atoms with Crippen molar-refractivity contribution in [1.82, 2.24) is 20.5 Å². The Labute approximate surface area is 118 Å². The molecule has 2 N–H and O–H groups in total. The van der Waals surface area contributed by atoms with Crippen molar-refractivity contribution >= 4 is 11.3 Å². The van der Waals surface area contributed by atoms with Gasteiger partial charge in [-0.05, 0) is 13.8 Å². The van der Waals surface area contributed by atoms with Crippen LogP contribution in [0, 0.1) is 6.92 Å². The summed E-state index contributed by atoms with van der Waals surface area (Å²) in [5.41, 5.74) is 2.44. The van der Waals surface area contributed by atoms with Crippen LogP contribution in [0.3, 0.4) is 0 Å². The van der Waals surface area contributed by atoms with Gasteiger partial charge in [-0.3, -0.25) is 5.10 Å². The van der Waals surface area contributed by atoms with Crippen molar-refractivity contribution in [3.05, 3.63) is 33.5 Å². The highest BCUT2D eigenvalue weighted by Gasteiger charge is 2.22. The summed E-state index contributed by atoms with van der Waals surface area (Å²) in [7, 11) is 0. The summed E-state index contributed by atoms with van der Waals surface area (Å²) in [6.45, 7) is 11.7. The number of hydrogen-bond acceptors (Lipinski definition) is 4. The van der Waals surface area contributed by atoms with Gasteiger partial charge in [0.2, 0.25) is 0 Å². The predicted octanol–water partition coefficient (Wildman–Crippen LogP) is 3.32. The van der Waals surface area contributed by atoms with Crippen molar-refractivity contribution in [1.29, 1.82) is 0 Å². The third-order valence-corrected chi connectivity index (χ3v) is 4.80. The molecule has 4 nitrogen and oxygen atoms in total. The molecule has 5 heteroatoms. The smallest absolute Gasteiger partial charge is 0.0985 e. The quantitative estimate of drug-likeness (QED) is 0.902. The monoisotopic (exact) mass is 278 g/mol. The van der Waals surface area contributed by atoms with Crippen LogP contribution in [0.25, 0.3) is 0 Å². The minimum Gasteiger partial charge on any atom is -0.305 e. The zero-order chi connectivity index (χ0) is 14.0. The fraction of sp³-hybridized carbons (Fsp3) is 0.571. The lowest BCUT2D eigenvalue weighted by molar-refractivity contribution is 0.577.